The fourth-order valence-electron chi connectivity index (χ4n) is 3.93. The van der Waals surface area contributed by atoms with E-state index in [0.29, 0.717) is 0 Å². The lowest BCUT2D eigenvalue weighted by atomic mass is 10.0. The van der Waals surface area contributed by atoms with E-state index in [1.165, 1.54) is 0 Å². The first-order chi connectivity index (χ1) is 15.7. The summed E-state index contributed by atoms with van der Waals surface area (Å²) in [6, 6.07) is 24.4. The molecule has 0 spiro atoms. The molecule has 6 nitrogen and oxygen atoms in total. The van der Waals surface area contributed by atoms with Crippen molar-refractivity contribution >= 4 is 22.4 Å². The number of nitrogens with two attached hydrogens (primary N) is 1. The Morgan fingerprint density at radius 2 is 1.69 bits per heavy atom. The highest BCUT2D eigenvalue weighted by molar-refractivity contribution is 5.99. The number of rotatable bonds is 5. The van der Waals surface area contributed by atoms with Crippen LogP contribution in [0.25, 0.3) is 39.0 Å². The maximum Gasteiger partial charge on any atom is 0.142 e. The second kappa shape index (κ2) is 8.07. The molecule has 0 saturated carbocycles. The van der Waals surface area contributed by atoms with Gasteiger partial charge in [-0.05, 0) is 47.0 Å². The topological polar surface area (TPSA) is 78.0 Å². The van der Waals surface area contributed by atoms with Crippen LogP contribution in [0.2, 0.25) is 0 Å². The second-order valence-electron chi connectivity index (χ2n) is 7.51. The van der Waals surface area contributed by atoms with Crippen LogP contribution in [-0.4, -0.2) is 28.7 Å². The van der Waals surface area contributed by atoms with E-state index >= 15 is 0 Å². The molecule has 0 bridgehead atoms. The van der Waals surface area contributed by atoms with Crippen molar-refractivity contribution in [1.82, 2.24) is 14.5 Å². The normalized spacial score (nSPS) is 10.9. The summed E-state index contributed by atoms with van der Waals surface area (Å²) in [5, 5.41) is 4.21. The van der Waals surface area contributed by atoms with Crippen LogP contribution in [0, 0.1) is 0 Å². The molecule has 3 N–H and O–H groups in total. The van der Waals surface area contributed by atoms with E-state index in [4.69, 9.17) is 10.5 Å². The minimum atomic E-state index is 0.734. The number of anilines is 2. The molecule has 0 aliphatic carbocycles. The minimum Gasteiger partial charge on any atom is -0.497 e. The number of hydrogen-bond acceptors (Lipinski definition) is 5. The van der Waals surface area contributed by atoms with Crippen LogP contribution < -0.4 is 15.8 Å². The van der Waals surface area contributed by atoms with Crippen LogP contribution >= 0.6 is 0 Å². The molecule has 5 rings (SSSR count). The molecule has 0 saturated heterocycles. The predicted octanol–water partition coefficient (Wildman–Crippen LogP) is 5.39. The SMILES string of the molecule is CNc1cc(-n2cc(-c3cccc(N)c3)c3ccc(-c4ccc(OC)cc4)cc32)ncn1. The molecule has 0 aliphatic heterocycles. The third-order valence-electron chi connectivity index (χ3n) is 5.58. The molecule has 0 unspecified atom stereocenters. The molecule has 6 heteroatoms. The van der Waals surface area contributed by atoms with Gasteiger partial charge < -0.3 is 20.4 Å². The van der Waals surface area contributed by atoms with E-state index in [1.54, 1.807) is 13.4 Å². The maximum absolute atomic E-state index is 6.07. The highest BCUT2D eigenvalue weighted by Gasteiger charge is 2.14. The lowest BCUT2D eigenvalue weighted by Gasteiger charge is -2.08. The Morgan fingerprint density at radius 3 is 2.44 bits per heavy atom. The van der Waals surface area contributed by atoms with Gasteiger partial charge in [0.05, 0.1) is 12.6 Å². The van der Waals surface area contributed by atoms with Gasteiger partial charge in [-0.1, -0.05) is 36.4 Å². The fraction of sp³-hybridized carbons (Fsp3) is 0.0769. The molecule has 0 aliphatic rings. The van der Waals surface area contributed by atoms with Gasteiger partial charge in [-0.15, -0.1) is 0 Å². The van der Waals surface area contributed by atoms with Gasteiger partial charge in [-0.2, -0.15) is 0 Å². The van der Waals surface area contributed by atoms with Crippen molar-refractivity contribution < 1.29 is 4.74 Å². The molecular formula is C26H23N5O. The summed E-state index contributed by atoms with van der Waals surface area (Å²) in [5.41, 5.74) is 12.2. The Kier molecular flexibility index (Phi) is 4.95. The Morgan fingerprint density at radius 1 is 0.875 bits per heavy atom. The van der Waals surface area contributed by atoms with Crippen LogP contribution in [0.15, 0.2) is 85.3 Å². The van der Waals surface area contributed by atoms with Crippen molar-refractivity contribution in [3.63, 3.8) is 0 Å². The Hall–Kier alpha value is -4.32. The monoisotopic (exact) mass is 421 g/mol. The Labute approximate surface area is 186 Å². The predicted molar refractivity (Wildman–Crippen MR) is 130 cm³/mol. The third kappa shape index (κ3) is 3.52. The lowest BCUT2D eigenvalue weighted by Crippen LogP contribution is -2.00. The highest BCUT2D eigenvalue weighted by atomic mass is 16.5. The molecular weight excluding hydrogens is 398 g/mol. The quantitative estimate of drug-likeness (QED) is 0.372. The Bertz CT molecular complexity index is 1410. The van der Waals surface area contributed by atoms with Gasteiger partial charge in [0.15, 0.2) is 0 Å². The summed E-state index contributed by atoms with van der Waals surface area (Å²) in [5.74, 6) is 2.38. The summed E-state index contributed by atoms with van der Waals surface area (Å²) in [7, 11) is 3.52. The minimum absolute atomic E-state index is 0.734. The number of ether oxygens (including phenoxy) is 1. The van der Waals surface area contributed by atoms with E-state index in [-0.39, 0.29) is 0 Å². The van der Waals surface area contributed by atoms with Crippen molar-refractivity contribution in [3.05, 3.63) is 85.3 Å². The van der Waals surface area contributed by atoms with E-state index in [0.717, 1.165) is 56.2 Å². The number of benzene rings is 3. The van der Waals surface area contributed by atoms with E-state index in [2.05, 4.69) is 62.4 Å². The molecule has 32 heavy (non-hydrogen) atoms. The maximum atomic E-state index is 6.07. The third-order valence-corrected chi connectivity index (χ3v) is 5.58. The van der Waals surface area contributed by atoms with Crippen molar-refractivity contribution in [2.45, 2.75) is 0 Å². The first kappa shape index (κ1) is 19.6. The molecule has 3 aromatic carbocycles. The smallest absolute Gasteiger partial charge is 0.142 e. The first-order valence-corrected chi connectivity index (χ1v) is 10.3. The van der Waals surface area contributed by atoms with Crippen molar-refractivity contribution in [2.75, 3.05) is 25.2 Å². The number of fused-ring (bicyclic) bond motifs is 1. The standard InChI is InChI=1S/C26H23N5O/c1-28-25-14-26(30-16-29-25)31-15-23(19-4-3-5-20(27)12-19)22-11-8-18(13-24(22)31)17-6-9-21(32-2)10-7-17/h3-16H,27H2,1-2H3,(H,28,29,30). The lowest BCUT2D eigenvalue weighted by molar-refractivity contribution is 0.415. The number of nitrogens with zero attached hydrogens (tertiary/aromatic N) is 3. The van der Waals surface area contributed by atoms with Gasteiger partial charge in [0, 0.05) is 35.9 Å². The number of nitrogen functional groups attached to an aromatic ring is 1. The summed E-state index contributed by atoms with van der Waals surface area (Å²) in [6.07, 6.45) is 3.68. The molecule has 158 valence electrons. The molecule has 0 amide bonds. The molecule has 2 heterocycles. The molecule has 0 fully saturated rings. The number of hydrogen-bond donors (Lipinski definition) is 2. The zero-order valence-electron chi connectivity index (χ0n) is 17.9. The molecule has 2 aromatic heterocycles. The van der Waals surface area contributed by atoms with E-state index in [9.17, 15) is 0 Å². The first-order valence-electron chi connectivity index (χ1n) is 10.3. The van der Waals surface area contributed by atoms with Gasteiger partial charge in [0.1, 0.15) is 23.7 Å². The highest BCUT2D eigenvalue weighted by Crippen LogP contribution is 2.36. The number of aromatic nitrogens is 3. The summed E-state index contributed by atoms with van der Waals surface area (Å²) in [6.45, 7) is 0. The van der Waals surface area contributed by atoms with Crippen molar-refractivity contribution in [3.8, 4) is 33.8 Å². The van der Waals surface area contributed by atoms with Gasteiger partial charge in [-0.3, -0.25) is 0 Å². The summed E-state index contributed by atoms with van der Waals surface area (Å²) in [4.78, 5) is 8.79. The van der Waals surface area contributed by atoms with Crippen molar-refractivity contribution in [1.29, 1.82) is 0 Å². The number of nitrogens with one attached hydrogen (secondary N) is 1. The van der Waals surface area contributed by atoms with Crippen molar-refractivity contribution in [2.24, 2.45) is 0 Å². The molecule has 0 radical (unpaired) electrons. The zero-order chi connectivity index (χ0) is 22.1. The van der Waals surface area contributed by atoms with Gasteiger partial charge in [0.25, 0.3) is 0 Å². The summed E-state index contributed by atoms with van der Waals surface area (Å²) < 4.78 is 7.40. The second-order valence-corrected chi connectivity index (χ2v) is 7.51. The fourth-order valence-corrected chi connectivity index (χ4v) is 3.93. The van der Waals surface area contributed by atoms with Crippen LogP contribution in [-0.2, 0) is 0 Å². The van der Waals surface area contributed by atoms with Crippen LogP contribution in [0.5, 0.6) is 5.75 Å². The zero-order valence-corrected chi connectivity index (χ0v) is 17.9. The van der Waals surface area contributed by atoms with Gasteiger partial charge >= 0.3 is 0 Å². The number of methoxy groups -OCH3 is 1. The molecule has 0 atom stereocenters. The van der Waals surface area contributed by atoms with E-state index < -0.39 is 0 Å². The van der Waals surface area contributed by atoms with Gasteiger partial charge in [-0.25, -0.2) is 9.97 Å². The van der Waals surface area contributed by atoms with Crippen LogP contribution in [0.3, 0.4) is 0 Å². The largest absolute Gasteiger partial charge is 0.497 e. The van der Waals surface area contributed by atoms with Crippen LogP contribution in [0.4, 0.5) is 11.5 Å². The van der Waals surface area contributed by atoms with Crippen LogP contribution in [0.1, 0.15) is 0 Å². The summed E-state index contributed by atoms with van der Waals surface area (Å²) >= 11 is 0. The van der Waals surface area contributed by atoms with E-state index in [1.807, 2.05) is 43.4 Å². The van der Waals surface area contributed by atoms with Gasteiger partial charge in [0.2, 0.25) is 0 Å². The molecule has 5 aromatic rings. The Balaban J connectivity index is 1.73. The average molecular weight is 422 g/mol. The average Bonchev–Trinajstić information content (AvgIpc) is 3.23.